The molecule has 0 bridgehead atoms. The van der Waals surface area contributed by atoms with E-state index >= 15 is 0 Å². The van der Waals surface area contributed by atoms with Crippen LogP contribution in [0, 0.1) is 17.1 Å². The quantitative estimate of drug-likeness (QED) is 0.790. The van der Waals surface area contributed by atoms with Gasteiger partial charge in [0.25, 0.3) is 0 Å². The van der Waals surface area contributed by atoms with Crippen molar-refractivity contribution in [3.05, 3.63) is 35.6 Å². The molecule has 0 aliphatic rings. The Morgan fingerprint density at radius 3 is 2.94 bits per heavy atom. The van der Waals surface area contributed by atoms with E-state index in [9.17, 15) is 9.18 Å². The Labute approximate surface area is 92.3 Å². The van der Waals surface area contributed by atoms with Gasteiger partial charge >= 0.3 is 5.97 Å². The van der Waals surface area contributed by atoms with Crippen LogP contribution >= 0.6 is 0 Å². The largest absolute Gasteiger partial charge is 0.481 e. The second kappa shape index (κ2) is 5.83. The van der Waals surface area contributed by atoms with Crippen molar-refractivity contribution < 1.29 is 14.3 Å². The van der Waals surface area contributed by atoms with Crippen LogP contribution in [0.5, 0.6) is 0 Å². The molecular formula is C11H11FN2O2. The molecule has 0 saturated heterocycles. The standard InChI is InChI=1S/C11H11FN2O2/c12-9-3-1-2-8(6-9)10(7-13)14-5-4-11(15)16/h1-3,6,10,14H,4-5H2,(H,15,16). The number of carboxylic acids is 1. The molecule has 4 nitrogen and oxygen atoms in total. The fourth-order valence-electron chi connectivity index (χ4n) is 1.25. The molecule has 0 radical (unpaired) electrons. The predicted octanol–water partition coefficient (Wildman–Crippen LogP) is 1.45. The lowest BCUT2D eigenvalue weighted by molar-refractivity contribution is -0.136. The molecule has 1 atom stereocenters. The second-order valence-electron chi connectivity index (χ2n) is 3.21. The van der Waals surface area contributed by atoms with Gasteiger partial charge in [-0.1, -0.05) is 12.1 Å². The number of halogens is 1. The maximum Gasteiger partial charge on any atom is 0.304 e. The summed E-state index contributed by atoms with van der Waals surface area (Å²) >= 11 is 0. The van der Waals surface area contributed by atoms with Gasteiger partial charge in [0.15, 0.2) is 0 Å². The van der Waals surface area contributed by atoms with Crippen molar-refractivity contribution in [3.8, 4) is 6.07 Å². The predicted molar refractivity (Wildman–Crippen MR) is 55.0 cm³/mol. The molecule has 0 aliphatic carbocycles. The highest BCUT2D eigenvalue weighted by Gasteiger charge is 2.10. The van der Waals surface area contributed by atoms with E-state index in [1.165, 1.54) is 18.2 Å². The number of hydrogen-bond donors (Lipinski definition) is 2. The molecule has 5 heteroatoms. The maximum atomic E-state index is 12.9. The summed E-state index contributed by atoms with van der Waals surface area (Å²) in [6, 6.07) is 6.93. The highest BCUT2D eigenvalue weighted by atomic mass is 19.1. The topological polar surface area (TPSA) is 73.1 Å². The van der Waals surface area contributed by atoms with Crippen molar-refractivity contribution in [1.29, 1.82) is 5.26 Å². The molecular weight excluding hydrogens is 211 g/mol. The third-order valence-corrected chi connectivity index (χ3v) is 2.00. The Balaban J connectivity index is 2.61. The smallest absolute Gasteiger partial charge is 0.304 e. The number of hydrogen-bond acceptors (Lipinski definition) is 3. The fourth-order valence-corrected chi connectivity index (χ4v) is 1.25. The van der Waals surface area contributed by atoms with Crippen molar-refractivity contribution in [2.75, 3.05) is 6.54 Å². The maximum absolute atomic E-state index is 12.9. The van der Waals surface area contributed by atoms with Gasteiger partial charge in [-0.3, -0.25) is 10.1 Å². The van der Waals surface area contributed by atoms with Crippen LogP contribution < -0.4 is 5.32 Å². The third kappa shape index (κ3) is 3.67. The Hall–Kier alpha value is -1.93. The molecule has 1 aromatic rings. The fraction of sp³-hybridized carbons (Fsp3) is 0.273. The van der Waals surface area contributed by atoms with E-state index in [0.717, 1.165) is 0 Å². The Bertz CT molecular complexity index is 415. The van der Waals surface area contributed by atoms with Crippen molar-refractivity contribution >= 4 is 5.97 Å². The lowest BCUT2D eigenvalue weighted by Gasteiger charge is -2.10. The zero-order valence-electron chi connectivity index (χ0n) is 8.48. The SMILES string of the molecule is N#CC(NCCC(=O)O)c1cccc(F)c1. The first-order valence-corrected chi connectivity index (χ1v) is 4.73. The number of carbonyl (C=O) groups is 1. The minimum Gasteiger partial charge on any atom is -0.481 e. The number of nitriles is 1. The number of rotatable bonds is 5. The summed E-state index contributed by atoms with van der Waals surface area (Å²) < 4.78 is 12.9. The molecule has 0 amide bonds. The molecule has 2 N–H and O–H groups in total. The van der Waals surface area contributed by atoms with Gasteiger partial charge < -0.3 is 5.11 Å². The van der Waals surface area contributed by atoms with Crippen LogP contribution in [0.2, 0.25) is 0 Å². The molecule has 0 fully saturated rings. The molecule has 0 heterocycles. The minimum absolute atomic E-state index is 0.0759. The van der Waals surface area contributed by atoms with Gasteiger partial charge in [-0.25, -0.2) is 4.39 Å². The van der Waals surface area contributed by atoms with Crippen molar-refractivity contribution in [3.63, 3.8) is 0 Å². The molecule has 1 aromatic carbocycles. The third-order valence-electron chi connectivity index (χ3n) is 2.00. The van der Waals surface area contributed by atoms with Crippen LogP contribution in [0.1, 0.15) is 18.0 Å². The average Bonchev–Trinajstić information content (AvgIpc) is 2.24. The van der Waals surface area contributed by atoms with E-state index in [2.05, 4.69) is 5.32 Å². The highest BCUT2D eigenvalue weighted by molar-refractivity contribution is 5.66. The van der Waals surface area contributed by atoms with Crippen LogP contribution in [-0.4, -0.2) is 17.6 Å². The Kier molecular flexibility index (Phi) is 4.42. The second-order valence-corrected chi connectivity index (χ2v) is 3.21. The van der Waals surface area contributed by atoms with E-state index in [0.29, 0.717) is 5.56 Å². The first-order valence-electron chi connectivity index (χ1n) is 4.73. The zero-order chi connectivity index (χ0) is 12.0. The van der Waals surface area contributed by atoms with Crippen molar-refractivity contribution in [2.45, 2.75) is 12.5 Å². The normalized spacial score (nSPS) is 11.8. The van der Waals surface area contributed by atoms with Crippen LogP contribution in [0.15, 0.2) is 24.3 Å². The van der Waals surface area contributed by atoms with Crippen molar-refractivity contribution in [1.82, 2.24) is 5.32 Å². The van der Waals surface area contributed by atoms with E-state index in [-0.39, 0.29) is 13.0 Å². The summed E-state index contributed by atoms with van der Waals surface area (Å²) in [6.07, 6.45) is -0.0759. The molecule has 0 aromatic heterocycles. The summed E-state index contributed by atoms with van der Waals surface area (Å²) in [7, 11) is 0. The van der Waals surface area contributed by atoms with Crippen LogP contribution in [0.4, 0.5) is 4.39 Å². The van der Waals surface area contributed by atoms with Crippen LogP contribution in [-0.2, 0) is 4.79 Å². The van der Waals surface area contributed by atoms with Gasteiger partial charge in [0.1, 0.15) is 11.9 Å². The molecule has 0 spiro atoms. The van der Waals surface area contributed by atoms with Gasteiger partial charge in [-0.15, -0.1) is 0 Å². The molecule has 16 heavy (non-hydrogen) atoms. The van der Waals surface area contributed by atoms with Gasteiger partial charge in [0.2, 0.25) is 0 Å². The monoisotopic (exact) mass is 222 g/mol. The summed E-state index contributed by atoms with van der Waals surface area (Å²) in [5, 5.41) is 20.0. The molecule has 1 rings (SSSR count). The number of nitrogens with one attached hydrogen (secondary N) is 1. The lowest BCUT2D eigenvalue weighted by Crippen LogP contribution is -2.23. The summed E-state index contributed by atoms with van der Waals surface area (Å²) in [5.74, 6) is -1.36. The van der Waals surface area contributed by atoms with E-state index in [1.807, 2.05) is 6.07 Å². The van der Waals surface area contributed by atoms with E-state index in [1.54, 1.807) is 6.07 Å². The van der Waals surface area contributed by atoms with E-state index < -0.39 is 17.8 Å². The Morgan fingerprint density at radius 1 is 1.62 bits per heavy atom. The first-order chi connectivity index (χ1) is 7.63. The van der Waals surface area contributed by atoms with Crippen LogP contribution in [0.25, 0.3) is 0 Å². The molecule has 0 aliphatic heterocycles. The number of aliphatic carboxylic acids is 1. The molecule has 0 saturated carbocycles. The first kappa shape index (κ1) is 12.1. The number of benzene rings is 1. The average molecular weight is 222 g/mol. The Morgan fingerprint density at radius 2 is 2.38 bits per heavy atom. The highest BCUT2D eigenvalue weighted by Crippen LogP contribution is 2.13. The van der Waals surface area contributed by atoms with Gasteiger partial charge in [0.05, 0.1) is 12.5 Å². The summed E-state index contributed by atoms with van der Waals surface area (Å²) in [5.41, 5.74) is 0.493. The molecule has 84 valence electrons. The van der Waals surface area contributed by atoms with Gasteiger partial charge in [-0.05, 0) is 17.7 Å². The number of carboxylic acid groups (broad SMARTS) is 1. The number of nitrogens with zero attached hydrogens (tertiary/aromatic N) is 1. The van der Waals surface area contributed by atoms with Crippen LogP contribution in [0.3, 0.4) is 0 Å². The molecule has 1 unspecified atom stereocenters. The minimum atomic E-state index is -0.941. The van der Waals surface area contributed by atoms with Gasteiger partial charge in [0, 0.05) is 6.54 Å². The van der Waals surface area contributed by atoms with E-state index in [4.69, 9.17) is 10.4 Å². The lowest BCUT2D eigenvalue weighted by atomic mass is 10.1. The summed E-state index contributed by atoms with van der Waals surface area (Å²) in [6.45, 7) is 0.171. The summed E-state index contributed by atoms with van der Waals surface area (Å²) in [4.78, 5) is 10.3. The van der Waals surface area contributed by atoms with Crippen molar-refractivity contribution in [2.24, 2.45) is 0 Å². The zero-order valence-corrected chi connectivity index (χ0v) is 8.48. The van der Waals surface area contributed by atoms with Gasteiger partial charge in [-0.2, -0.15) is 5.26 Å².